The first kappa shape index (κ1) is 13.9. The number of aliphatic hydroxyl groups is 1. The predicted molar refractivity (Wildman–Crippen MR) is 79.8 cm³/mol. The van der Waals surface area contributed by atoms with Crippen molar-refractivity contribution in [1.82, 2.24) is 0 Å². The summed E-state index contributed by atoms with van der Waals surface area (Å²) < 4.78 is 6.06. The van der Waals surface area contributed by atoms with Crippen molar-refractivity contribution in [1.29, 1.82) is 0 Å². The molecule has 2 aliphatic rings. The summed E-state index contributed by atoms with van der Waals surface area (Å²) in [5, 5.41) is 10.2. The molecule has 0 bridgehead atoms. The molecule has 2 aliphatic carbocycles. The van der Waals surface area contributed by atoms with Gasteiger partial charge in [-0.3, -0.25) is 0 Å². The van der Waals surface area contributed by atoms with E-state index in [0.29, 0.717) is 0 Å². The van der Waals surface area contributed by atoms with Gasteiger partial charge in [-0.15, -0.1) is 0 Å². The minimum absolute atomic E-state index is 0.0598. The SMILES string of the molecule is N[C@H]1CCCc2ccc(OC3CCCCCC3O)cc21. The van der Waals surface area contributed by atoms with Crippen LogP contribution in [-0.2, 0) is 6.42 Å². The summed E-state index contributed by atoms with van der Waals surface area (Å²) in [4.78, 5) is 0. The van der Waals surface area contributed by atoms with E-state index in [4.69, 9.17) is 10.5 Å². The van der Waals surface area contributed by atoms with Gasteiger partial charge in [0, 0.05) is 6.04 Å². The molecule has 110 valence electrons. The van der Waals surface area contributed by atoms with E-state index in [9.17, 15) is 5.11 Å². The van der Waals surface area contributed by atoms with Gasteiger partial charge in [-0.1, -0.05) is 18.9 Å². The molecule has 1 saturated carbocycles. The van der Waals surface area contributed by atoms with Crippen molar-refractivity contribution in [2.45, 2.75) is 69.6 Å². The molecule has 0 aliphatic heterocycles. The van der Waals surface area contributed by atoms with Crippen LogP contribution in [0, 0.1) is 0 Å². The zero-order valence-corrected chi connectivity index (χ0v) is 12.1. The second-order valence-electron chi connectivity index (χ2n) is 6.22. The Hall–Kier alpha value is -1.06. The Morgan fingerprint density at radius 1 is 1.05 bits per heavy atom. The van der Waals surface area contributed by atoms with Crippen LogP contribution in [0.5, 0.6) is 5.75 Å². The third-order valence-corrected chi connectivity index (χ3v) is 4.68. The normalized spacial score (nSPS) is 30.4. The third-order valence-electron chi connectivity index (χ3n) is 4.68. The molecule has 0 spiro atoms. The van der Waals surface area contributed by atoms with Crippen molar-refractivity contribution in [3.05, 3.63) is 29.3 Å². The van der Waals surface area contributed by atoms with Crippen LogP contribution in [0.25, 0.3) is 0 Å². The fourth-order valence-electron chi connectivity index (χ4n) is 3.45. The van der Waals surface area contributed by atoms with Gasteiger partial charge in [0.05, 0.1) is 6.10 Å². The van der Waals surface area contributed by atoms with Gasteiger partial charge < -0.3 is 15.6 Å². The Morgan fingerprint density at radius 2 is 1.90 bits per heavy atom. The second-order valence-corrected chi connectivity index (χ2v) is 6.22. The number of aryl methyl sites for hydroxylation is 1. The number of fused-ring (bicyclic) bond motifs is 1. The first-order valence-corrected chi connectivity index (χ1v) is 7.97. The lowest BCUT2D eigenvalue weighted by Gasteiger charge is -2.25. The highest BCUT2D eigenvalue weighted by Crippen LogP contribution is 2.32. The standard InChI is InChI=1S/C17H25NO2/c18-15-6-4-5-12-9-10-13(11-14(12)15)20-17-8-3-1-2-7-16(17)19/h9-11,15-17,19H,1-8,18H2/t15-,16?,17?/m0/s1. The molecule has 0 heterocycles. The molecule has 0 radical (unpaired) electrons. The van der Waals surface area contributed by atoms with Crippen LogP contribution in [0.15, 0.2) is 18.2 Å². The Bertz CT molecular complexity index is 460. The summed E-state index contributed by atoms with van der Waals surface area (Å²) in [5.41, 5.74) is 8.79. The van der Waals surface area contributed by atoms with Crippen molar-refractivity contribution in [2.24, 2.45) is 5.73 Å². The van der Waals surface area contributed by atoms with E-state index >= 15 is 0 Å². The summed E-state index contributed by atoms with van der Waals surface area (Å²) in [6, 6.07) is 6.42. The first-order valence-electron chi connectivity index (χ1n) is 7.97. The number of rotatable bonds is 2. The molecule has 0 aromatic heterocycles. The van der Waals surface area contributed by atoms with E-state index in [1.807, 2.05) is 6.07 Å². The van der Waals surface area contributed by atoms with Gasteiger partial charge in [-0.05, 0) is 61.8 Å². The smallest absolute Gasteiger partial charge is 0.124 e. The number of aliphatic hydroxyl groups excluding tert-OH is 1. The predicted octanol–water partition coefficient (Wildman–Crippen LogP) is 3.10. The highest BCUT2D eigenvalue weighted by Gasteiger charge is 2.24. The van der Waals surface area contributed by atoms with E-state index < -0.39 is 0 Å². The average molecular weight is 275 g/mol. The first-order chi connectivity index (χ1) is 9.74. The van der Waals surface area contributed by atoms with Crippen molar-refractivity contribution in [2.75, 3.05) is 0 Å². The number of ether oxygens (including phenoxy) is 1. The Morgan fingerprint density at radius 3 is 2.80 bits per heavy atom. The summed E-state index contributed by atoms with van der Waals surface area (Å²) >= 11 is 0. The van der Waals surface area contributed by atoms with Gasteiger partial charge in [-0.25, -0.2) is 0 Å². The maximum atomic E-state index is 10.2. The molecule has 1 aromatic rings. The molecule has 0 amide bonds. The molecular weight excluding hydrogens is 250 g/mol. The molecule has 20 heavy (non-hydrogen) atoms. The van der Waals surface area contributed by atoms with Crippen LogP contribution >= 0.6 is 0 Å². The Kier molecular flexibility index (Phi) is 4.27. The number of hydrogen-bond donors (Lipinski definition) is 2. The lowest BCUT2D eigenvalue weighted by atomic mass is 9.88. The fourth-order valence-corrected chi connectivity index (χ4v) is 3.45. The highest BCUT2D eigenvalue weighted by molar-refractivity contribution is 5.39. The van der Waals surface area contributed by atoms with Crippen LogP contribution < -0.4 is 10.5 Å². The number of nitrogens with two attached hydrogens (primary N) is 1. The zero-order valence-electron chi connectivity index (χ0n) is 12.1. The van der Waals surface area contributed by atoms with Gasteiger partial charge in [0.2, 0.25) is 0 Å². The molecule has 3 nitrogen and oxygen atoms in total. The Labute approximate surface area is 121 Å². The minimum Gasteiger partial charge on any atom is -0.488 e. The Balaban J connectivity index is 1.75. The lowest BCUT2D eigenvalue weighted by molar-refractivity contribution is 0.0319. The molecular formula is C17H25NO2. The second kappa shape index (κ2) is 6.15. The van der Waals surface area contributed by atoms with Crippen LogP contribution in [-0.4, -0.2) is 17.3 Å². The fraction of sp³-hybridized carbons (Fsp3) is 0.647. The molecule has 1 aromatic carbocycles. The molecule has 2 unspecified atom stereocenters. The largest absolute Gasteiger partial charge is 0.488 e. The molecule has 3 heteroatoms. The van der Waals surface area contributed by atoms with Gasteiger partial charge in [0.25, 0.3) is 0 Å². The summed E-state index contributed by atoms with van der Waals surface area (Å²) in [6.07, 6.45) is 8.22. The third kappa shape index (κ3) is 2.99. The highest BCUT2D eigenvalue weighted by atomic mass is 16.5. The van der Waals surface area contributed by atoms with E-state index in [2.05, 4.69) is 12.1 Å². The van der Waals surface area contributed by atoms with Crippen LogP contribution in [0.4, 0.5) is 0 Å². The summed E-state index contributed by atoms with van der Waals surface area (Å²) in [7, 11) is 0. The lowest BCUT2D eigenvalue weighted by Crippen LogP contribution is -2.30. The summed E-state index contributed by atoms with van der Waals surface area (Å²) in [6.45, 7) is 0. The topological polar surface area (TPSA) is 55.5 Å². The van der Waals surface area contributed by atoms with E-state index in [0.717, 1.165) is 44.3 Å². The average Bonchev–Trinajstić information content (AvgIpc) is 2.65. The van der Waals surface area contributed by atoms with E-state index in [1.54, 1.807) is 0 Å². The molecule has 1 fully saturated rings. The number of benzene rings is 1. The van der Waals surface area contributed by atoms with Crippen molar-refractivity contribution < 1.29 is 9.84 Å². The van der Waals surface area contributed by atoms with Crippen LogP contribution in [0.1, 0.15) is 62.1 Å². The van der Waals surface area contributed by atoms with Gasteiger partial charge in [0.15, 0.2) is 0 Å². The van der Waals surface area contributed by atoms with Gasteiger partial charge >= 0.3 is 0 Å². The van der Waals surface area contributed by atoms with Crippen LogP contribution in [0.3, 0.4) is 0 Å². The molecule has 3 rings (SSSR count). The van der Waals surface area contributed by atoms with Gasteiger partial charge in [0.1, 0.15) is 11.9 Å². The van der Waals surface area contributed by atoms with Crippen molar-refractivity contribution >= 4 is 0 Å². The zero-order chi connectivity index (χ0) is 13.9. The monoisotopic (exact) mass is 275 g/mol. The maximum Gasteiger partial charge on any atom is 0.124 e. The molecule has 0 saturated heterocycles. The quantitative estimate of drug-likeness (QED) is 0.815. The molecule has 3 atom stereocenters. The van der Waals surface area contributed by atoms with Crippen molar-refractivity contribution in [3.8, 4) is 5.75 Å². The minimum atomic E-state index is -0.331. The van der Waals surface area contributed by atoms with Crippen LogP contribution in [0.2, 0.25) is 0 Å². The number of hydrogen-bond acceptors (Lipinski definition) is 3. The van der Waals surface area contributed by atoms with E-state index in [1.165, 1.54) is 24.0 Å². The van der Waals surface area contributed by atoms with Gasteiger partial charge in [-0.2, -0.15) is 0 Å². The van der Waals surface area contributed by atoms with E-state index in [-0.39, 0.29) is 18.2 Å². The summed E-state index contributed by atoms with van der Waals surface area (Å²) in [5.74, 6) is 0.868. The molecule has 3 N–H and O–H groups in total. The maximum absolute atomic E-state index is 10.2. The van der Waals surface area contributed by atoms with Crippen molar-refractivity contribution in [3.63, 3.8) is 0 Å².